The monoisotopic (exact) mass is 257 g/mol. The van der Waals surface area contributed by atoms with Crippen molar-refractivity contribution < 1.29 is 4.39 Å². The zero-order valence-corrected chi connectivity index (χ0v) is 9.44. The molecule has 0 amide bonds. The predicted octanol–water partition coefficient (Wildman–Crippen LogP) is 3.49. The minimum atomic E-state index is -0.869. The molecule has 0 aliphatic carbocycles. The molecule has 1 heterocycles. The number of benzene rings is 1. The summed E-state index contributed by atoms with van der Waals surface area (Å²) in [5.41, 5.74) is -0.248. The third-order valence-corrected chi connectivity index (χ3v) is 2.96. The average Bonchev–Trinajstić information content (AvgIpc) is 2.27. The fourth-order valence-corrected chi connectivity index (χ4v) is 1.78. The van der Waals surface area contributed by atoms with E-state index in [1.54, 1.807) is 18.2 Å². The minimum Gasteiger partial charge on any atom is -0.327 e. The lowest BCUT2D eigenvalue weighted by Crippen LogP contribution is -2.10. The first-order valence-electron chi connectivity index (χ1n) is 4.43. The number of nitrogens with one attached hydrogen (secondary N) is 1. The molecule has 0 aliphatic heterocycles. The first kappa shape index (κ1) is 11.2. The highest BCUT2D eigenvalue weighted by Crippen LogP contribution is 2.33. The quantitative estimate of drug-likeness (QED) is 0.834. The standard InChI is InChI=1S/C11H6Cl2FNO/c12-8-3-1-2-6(9(8)13)7-4-5-15-11(16)10(7)14/h1-5H,(H,15,16). The molecule has 1 N–H and O–H groups in total. The second-order valence-corrected chi connectivity index (χ2v) is 3.92. The Balaban J connectivity index is 2.73. The number of pyridine rings is 1. The van der Waals surface area contributed by atoms with E-state index < -0.39 is 11.4 Å². The number of rotatable bonds is 1. The van der Waals surface area contributed by atoms with Crippen molar-refractivity contribution in [1.82, 2.24) is 4.98 Å². The van der Waals surface area contributed by atoms with Crippen LogP contribution in [0.4, 0.5) is 4.39 Å². The largest absolute Gasteiger partial charge is 0.327 e. The number of H-pyrrole nitrogens is 1. The van der Waals surface area contributed by atoms with Crippen molar-refractivity contribution in [3.63, 3.8) is 0 Å². The van der Waals surface area contributed by atoms with Crippen molar-refractivity contribution in [3.05, 3.63) is 56.7 Å². The molecule has 0 unspecified atom stereocenters. The van der Waals surface area contributed by atoms with Crippen LogP contribution < -0.4 is 5.56 Å². The van der Waals surface area contributed by atoms with E-state index in [9.17, 15) is 9.18 Å². The molecule has 2 nitrogen and oxygen atoms in total. The zero-order valence-electron chi connectivity index (χ0n) is 7.93. The molecule has 0 atom stereocenters. The molecule has 82 valence electrons. The normalized spacial score (nSPS) is 10.4. The molecule has 2 rings (SSSR count). The van der Waals surface area contributed by atoms with E-state index in [0.29, 0.717) is 10.6 Å². The van der Waals surface area contributed by atoms with Crippen molar-refractivity contribution >= 4 is 23.2 Å². The van der Waals surface area contributed by atoms with Crippen LogP contribution in [0, 0.1) is 5.82 Å². The van der Waals surface area contributed by atoms with Crippen LogP contribution in [0.25, 0.3) is 11.1 Å². The molecule has 0 saturated heterocycles. The summed E-state index contributed by atoms with van der Waals surface area (Å²) in [6.45, 7) is 0. The van der Waals surface area contributed by atoms with Gasteiger partial charge in [0.1, 0.15) is 0 Å². The summed E-state index contributed by atoms with van der Waals surface area (Å²) < 4.78 is 13.6. The van der Waals surface area contributed by atoms with Crippen LogP contribution in [0.1, 0.15) is 0 Å². The molecule has 0 bridgehead atoms. The average molecular weight is 258 g/mol. The van der Waals surface area contributed by atoms with Gasteiger partial charge in [-0.1, -0.05) is 35.3 Å². The van der Waals surface area contributed by atoms with Gasteiger partial charge in [-0.3, -0.25) is 4.79 Å². The van der Waals surface area contributed by atoms with Crippen LogP contribution in [0.3, 0.4) is 0 Å². The third kappa shape index (κ3) is 1.84. The Morgan fingerprint density at radius 3 is 2.62 bits per heavy atom. The fourth-order valence-electron chi connectivity index (χ4n) is 1.38. The maximum absolute atomic E-state index is 13.6. The van der Waals surface area contributed by atoms with Gasteiger partial charge in [-0.15, -0.1) is 0 Å². The van der Waals surface area contributed by atoms with Crippen LogP contribution in [-0.2, 0) is 0 Å². The van der Waals surface area contributed by atoms with E-state index in [4.69, 9.17) is 23.2 Å². The molecular formula is C11H6Cl2FNO. The van der Waals surface area contributed by atoms with Crippen LogP contribution in [0.5, 0.6) is 0 Å². The number of hydrogen-bond acceptors (Lipinski definition) is 1. The van der Waals surface area contributed by atoms with Crippen molar-refractivity contribution in [3.8, 4) is 11.1 Å². The van der Waals surface area contributed by atoms with Gasteiger partial charge in [0.05, 0.1) is 10.0 Å². The number of aromatic nitrogens is 1. The molecule has 0 fully saturated rings. The Morgan fingerprint density at radius 2 is 1.88 bits per heavy atom. The summed E-state index contributed by atoms with van der Waals surface area (Å²) in [4.78, 5) is 13.3. The molecule has 1 aromatic carbocycles. The molecule has 0 saturated carbocycles. The van der Waals surface area contributed by atoms with Gasteiger partial charge in [-0.25, -0.2) is 4.39 Å². The first-order valence-corrected chi connectivity index (χ1v) is 5.18. The van der Waals surface area contributed by atoms with E-state index in [0.717, 1.165) is 0 Å². The van der Waals surface area contributed by atoms with Crippen molar-refractivity contribution in [2.45, 2.75) is 0 Å². The lowest BCUT2D eigenvalue weighted by molar-refractivity contribution is 0.612. The lowest BCUT2D eigenvalue weighted by Gasteiger charge is -2.06. The molecule has 0 aliphatic rings. The van der Waals surface area contributed by atoms with Gasteiger partial charge in [0.2, 0.25) is 0 Å². The van der Waals surface area contributed by atoms with E-state index in [-0.39, 0.29) is 10.6 Å². The predicted molar refractivity (Wildman–Crippen MR) is 62.5 cm³/mol. The topological polar surface area (TPSA) is 32.9 Å². The second-order valence-electron chi connectivity index (χ2n) is 3.14. The maximum Gasteiger partial charge on any atom is 0.284 e. The summed E-state index contributed by atoms with van der Waals surface area (Å²) in [7, 11) is 0. The van der Waals surface area contributed by atoms with Crippen molar-refractivity contribution in [1.29, 1.82) is 0 Å². The highest BCUT2D eigenvalue weighted by atomic mass is 35.5. The number of aromatic amines is 1. The highest BCUT2D eigenvalue weighted by molar-refractivity contribution is 6.43. The summed E-state index contributed by atoms with van der Waals surface area (Å²) in [5.74, 6) is -0.869. The van der Waals surface area contributed by atoms with Crippen molar-refractivity contribution in [2.75, 3.05) is 0 Å². The summed E-state index contributed by atoms with van der Waals surface area (Å²) >= 11 is 11.8. The van der Waals surface area contributed by atoms with E-state index >= 15 is 0 Å². The molecule has 2 aromatic rings. The zero-order chi connectivity index (χ0) is 11.7. The molecule has 16 heavy (non-hydrogen) atoms. The molecule has 0 radical (unpaired) electrons. The molecule has 1 aromatic heterocycles. The maximum atomic E-state index is 13.6. The minimum absolute atomic E-state index is 0.135. The summed E-state index contributed by atoms with van der Waals surface area (Å²) in [6, 6.07) is 6.28. The van der Waals surface area contributed by atoms with Crippen LogP contribution in [0.15, 0.2) is 35.3 Å². The molecular weight excluding hydrogens is 252 g/mol. The van der Waals surface area contributed by atoms with Crippen LogP contribution in [0.2, 0.25) is 10.0 Å². The first-order chi connectivity index (χ1) is 7.61. The van der Waals surface area contributed by atoms with Gasteiger partial charge < -0.3 is 4.98 Å². The van der Waals surface area contributed by atoms with E-state index in [2.05, 4.69) is 4.98 Å². The highest BCUT2D eigenvalue weighted by Gasteiger charge is 2.12. The van der Waals surface area contributed by atoms with Gasteiger partial charge in [0.25, 0.3) is 5.56 Å². The number of hydrogen-bond donors (Lipinski definition) is 1. The van der Waals surface area contributed by atoms with Crippen LogP contribution >= 0.6 is 23.2 Å². The van der Waals surface area contributed by atoms with Gasteiger partial charge >= 0.3 is 0 Å². The van der Waals surface area contributed by atoms with Gasteiger partial charge in [0, 0.05) is 17.3 Å². The Labute approximate surface area is 101 Å². The molecule has 0 spiro atoms. The third-order valence-electron chi connectivity index (χ3n) is 2.14. The Kier molecular flexibility index (Phi) is 2.99. The van der Waals surface area contributed by atoms with Crippen molar-refractivity contribution in [2.24, 2.45) is 0 Å². The van der Waals surface area contributed by atoms with Crippen LogP contribution in [-0.4, -0.2) is 4.98 Å². The Bertz CT molecular complexity index is 595. The Hall–Kier alpha value is -1.32. The molecule has 5 heteroatoms. The summed E-state index contributed by atoms with van der Waals surface area (Å²) in [6.07, 6.45) is 1.36. The summed E-state index contributed by atoms with van der Waals surface area (Å²) in [5, 5.41) is 0.549. The van der Waals surface area contributed by atoms with E-state index in [1.165, 1.54) is 12.3 Å². The smallest absolute Gasteiger partial charge is 0.284 e. The Morgan fingerprint density at radius 1 is 1.12 bits per heavy atom. The van der Waals surface area contributed by atoms with Gasteiger partial charge in [-0.05, 0) is 12.1 Å². The SMILES string of the molecule is O=c1[nH]ccc(-c2cccc(Cl)c2Cl)c1F. The van der Waals surface area contributed by atoms with E-state index in [1.807, 2.05) is 0 Å². The van der Waals surface area contributed by atoms with Gasteiger partial charge in [-0.2, -0.15) is 0 Å². The second kappa shape index (κ2) is 4.28. The van der Waals surface area contributed by atoms with Gasteiger partial charge in [0.15, 0.2) is 5.82 Å². The fraction of sp³-hybridized carbons (Fsp3) is 0. The number of halogens is 3. The lowest BCUT2D eigenvalue weighted by atomic mass is 10.1.